The van der Waals surface area contributed by atoms with Gasteiger partial charge in [-0.05, 0) is 44.9 Å². The van der Waals surface area contributed by atoms with Crippen LogP contribution in [-0.2, 0) is 6.54 Å². The van der Waals surface area contributed by atoms with Crippen LogP contribution in [0.4, 0.5) is 4.79 Å². The fraction of sp³-hybridized carbons (Fsp3) is 0.458. The Morgan fingerprint density at radius 2 is 1.88 bits per heavy atom. The molecular weight excluding hydrogens is 424 g/mol. The van der Waals surface area contributed by atoms with Crippen molar-refractivity contribution in [1.29, 1.82) is 0 Å². The molecule has 8 heteroatoms. The van der Waals surface area contributed by atoms with Gasteiger partial charge in [-0.1, -0.05) is 23.7 Å². The number of hydrogen-bond donors (Lipinski definition) is 0. The molecule has 2 aliphatic rings. The van der Waals surface area contributed by atoms with Crippen LogP contribution >= 0.6 is 11.6 Å². The lowest BCUT2D eigenvalue weighted by Gasteiger charge is -2.43. The standard InChI is InChI=1S/C24H29ClN6O/c1-16(2)28(3)24(32)31-19-9-10-20(31)14-29(13-19)15-21-22(17-5-7-18(25)8-6-17)27-23-26-11-4-12-30(21)23/h4-8,11-12,16,19-20H,9-10,13-15H2,1-3H3. The van der Waals surface area contributed by atoms with Gasteiger partial charge >= 0.3 is 6.03 Å². The van der Waals surface area contributed by atoms with Crippen molar-refractivity contribution in [3.05, 3.63) is 53.4 Å². The number of amides is 2. The Labute approximate surface area is 193 Å². The van der Waals surface area contributed by atoms with E-state index in [-0.39, 0.29) is 24.2 Å². The molecule has 4 heterocycles. The van der Waals surface area contributed by atoms with Gasteiger partial charge in [-0.3, -0.25) is 9.30 Å². The molecule has 2 aliphatic heterocycles. The van der Waals surface area contributed by atoms with E-state index in [1.54, 1.807) is 6.20 Å². The number of benzene rings is 1. The zero-order valence-electron chi connectivity index (χ0n) is 18.8. The number of fused-ring (bicyclic) bond motifs is 3. The van der Waals surface area contributed by atoms with Crippen LogP contribution in [0.1, 0.15) is 32.4 Å². The van der Waals surface area contributed by atoms with E-state index < -0.39 is 0 Å². The van der Waals surface area contributed by atoms with E-state index in [9.17, 15) is 4.79 Å². The number of urea groups is 1. The smallest absolute Gasteiger partial charge is 0.320 e. The summed E-state index contributed by atoms with van der Waals surface area (Å²) >= 11 is 6.11. The molecule has 0 spiro atoms. The Morgan fingerprint density at radius 3 is 2.53 bits per heavy atom. The van der Waals surface area contributed by atoms with Crippen LogP contribution in [0.2, 0.25) is 5.02 Å². The first kappa shape index (κ1) is 21.2. The van der Waals surface area contributed by atoms with Gasteiger partial charge < -0.3 is 9.80 Å². The summed E-state index contributed by atoms with van der Waals surface area (Å²) in [7, 11) is 1.91. The second-order valence-corrected chi connectivity index (χ2v) is 9.61. The molecule has 2 unspecified atom stereocenters. The predicted molar refractivity (Wildman–Crippen MR) is 126 cm³/mol. The lowest BCUT2D eigenvalue weighted by Crippen LogP contribution is -2.58. The van der Waals surface area contributed by atoms with Crippen molar-refractivity contribution in [2.45, 2.75) is 51.4 Å². The van der Waals surface area contributed by atoms with Gasteiger partial charge in [0, 0.05) is 67.8 Å². The highest BCUT2D eigenvalue weighted by Gasteiger charge is 2.44. The molecule has 2 bridgehead atoms. The van der Waals surface area contributed by atoms with Gasteiger partial charge in [0.2, 0.25) is 5.78 Å². The molecule has 2 saturated heterocycles. The third-order valence-electron chi connectivity index (χ3n) is 6.85. The highest BCUT2D eigenvalue weighted by Crippen LogP contribution is 2.33. The van der Waals surface area contributed by atoms with Gasteiger partial charge in [0.25, 0.3) is 0 Å². The monoisotopic (exact) mass is 452 g/mol. The van der Waals surface area contributed by atoms with E-state index in [2.05, 4.69) is 33.0 Å². The van der Waals surface area contributed by atoms with Crippen molar-refractivity contribution in [2.24, 2.45) is 0 Å². The van der Waals surface area contributed by atoms with E-state index >= 15 is 0 Å². The maximum Gasteiger partial charge on any atom is 0.320 e. The van der Waals surface area contributed by atoms with E-state index in [0.717, 1.165) is 49.4 Å². The van der Waals surface area contributed by atoms with Gasteiger partial charge in [0.05, 0.1) is 11.4 Å². The molecule has 2 fully saturated rings. The summed E-state index contributed by atoms with van der Waals surface area (Å²) in [6.45, 7) is 6.64. The van der Waals surface area contributed by atoms with Gasteiger partial charge in [-0.25, -0.2) is 14.8 Å². The summed E-state index contributed by atoms with van der Waals surface area (Å²) in [4.78, 5) is 28.8. The number of likely N-dealkylation sites (tertiary alicyclic amines) is 1. The fourth-order valence-electron chi connectivity index (χ4n) is 4.97. The molecule has 2 atom stereocenters. The maximum absolute atomic E-state index is 13.1. The highest BCUT2D eigenvalue weighted by molar-refractivity contribution is 6.30. The molecule has 168 valence electrons. The Bertz CT molecular complexity index is 1110. The Morgan fingerprint density at radius 1 is 1.19 bits per heavy atom. The number of carbonyl (C=O) groups excluding carboxylic acids is 1. The van der Waals surface area contributed by atoms with E-state index in [4.69, 9.17) is 16.6 Å². The molecule has 2 amide bonds. The van der Waals surface area contributed by atoms with Crippen LogP contribution in [0.5, 0.6) is 0 Å². The lowest BCUT2D eigenvalue weighted by molar-refractivity contribution is 0.0648. The van der Waals surface area contributed by atoms with Crippen molar-refractivity contribution in [2.75, 3.05) is 20.1 Å². The average Bonchev–Trinajstić information content (AvgIpc) is 3.28. The third-order valence-corrected chi connectivity index (χ3v) is 7.10. The normalized spacial score (nSPS) is 21.0. The summed E-state index contributed by atoms with van der Waals surface area (Å²) in [6.07, 6.45) is 5.93. The molecule has 2 aromatic heterocycles. The van der Waals surface area contributed by atoms with Crippen molar-refractivity contribution in [3.8, 4) is 11.3 Å². The van der Waals surface area contributed by atoms with Gasteiger partial charge in [-0.15, -0.1) is 0 Å². The quantitative estimate of drug-likeness (QED) is 0.596. The predicted octanol–water partition coefficient (Wildman–Crippen LogP) is 4.16. The molecule has 32 heavy (non-hydrogen) atoms. The summed E-state index contributed by atoms with van der Waals surface area (Å²) < 4.78 is 2.08. The number of imidazole rings is 1. The number of hydrogen-bond acceptors (Lipinski definition) is 4. The van der Waals surface area contributed by atoms with Crippen LogP contribution in [0, 0.1) is 0 Å². The van der Waals surface area contributed by atoms with Crippen molar-refractivity contribution in [1.82, 2.24) is 29.1 Å². The fourth-order valence-corrected chi connectivity index (χ4v) is 5.10. The Balaban J connectivity index is 1.42. The molecule has 7 nitrogen and oxygen atoms in total. The van der Waals surface area contributed by atoms with E-state index in [1.165, 1.54) is 0 Å². The number of halogens is 1. The zero-order chi connectivity index (χ0) is 22.4. The molecule has 0 saturated carbocycles. The van der Waals surface area contributed by atoms with E-state index in [1.807, 2.05) is 48.5 Å². The van der Waals surface area contributed by atoms with Crippen LogP contribution in [0.15, 0.2) is 42.7 Å². The van der Waals surface area contributed by atoms with Crippen LogP contribution < -0.4 is 0 Å². The molecule has 0 N–H and O–H groups in total. The van der Waals surface area contributed by atoms with Gasteiger partial charge in [0.1, 0.15) is 0 Å². The van der Waals surface area contributed by atoms with Crippen molar-refractivity contribution >= 4 is 23.4 Å². The highest BCUT2D eigenvalue weighted by atomic mass is 35.5. The number of rotatable bonds is 4. The van der Waals surface area contributed by atoms with Gasteiger partial charge in [-0.2, -0.15) is 0 Å². The minimum absolute atomic E-state index is 0.160. The summed E-state index contributed by atoms with van der Waals surface area (Å²) in [5.41, 5.74) is 3.09. The molecule has 1 aromatic carbocycles. The number of carbonyl (C=O) groups is 1. The second kappa shape index (κ2) is 8.37. The number of nitrogens with zero attached hydrogens (tertiary/aromatic N) is 6. The first-order chi connectivity index (χ1) is 15.4. The largest absolute Gasteiger partial charge is 0.325 e. The SMILES string of the molecule is CC(C)N(C)C(=O)N1C2CCC1CN(Cc1c(-c3ccc(Cl)cc3)nc3ncccn13)C2. The molecule has 5 rings (SSSR count). The van der Waals surface area contributed by atoms with Crippen molar-refractivity contribution in [3.63, 3.8) is 0 Å². The molecule has 3 aromatic rings. The van der Waals surface area contributed by atoms with Crippen LogP contribution in [0.25, 0.3) is 17.0 Å². The van der Waals surface area contributed by atoms with Crippen LogP contribution in [0.3, 0.4) is 0 Å². The minimum Gasteiger partial charge on any atom is -0.325 e. The van der Waals surface area contributed by atoms with Crippen LogP contribution in [-0.4, -0.2) is 73.4 Å². The molecular formula is C24H29ClN6O. The zero-order valence-corrected chi connectivity index (χ0v) is 19.5. The lowest BCUT2D eigenvalue weighted by atomic mass is 10.1. The number of piperazine rings is 1. The van der Waals surface area contributed by atoms with Gasteiger partial charge in [0.15, 0.2) is 0 Å². The summed E-state index contributed by atoms with van der Waals surface area (Å²) in [5, 5.41) is 0.709. The average molecular weight is 453 g/mol. The minimum atomic E-state index is 0.160. The van der Waals surface area contributed by atoms with Crippen molar-refractivity contribution < 1.29 is 4.79 Å². The Hall–Kier alpha value is -2.64. The molecule has 0 aliphatic carbocycles. The second-order valence-electron chi connectivity index (χ2n) is 9.18. The summed E-state index contributed by atoms with van der Waals surface area (Å²) in [6, 6.07) is 10.6. The third kappa shape index (κ3) is 3.73. The van der Waals surface area contributed by atoms with E-state index in [0.29, 0.717) is 10.8 Å². The first-order valence-electron chi connectivity index (χ1n) is 11.3. The Kier molecular flexibility index (Phi) is 5.55. The summed E-state index contributed by atoms with van der Waals surface area (Å²) in [5.74, 6) is 0.697. The first-order valence-corrected chi connectivity index (χ1v) is 11.7. The molecule has 0 radical (unpaired) electrons. The number of aromatic nitrogens is 3. The topological polar surface area (TPSA) is 57.0 Å². The maximum atomic E-state index is 13.1.